The normalized spacial score (nSPS) is 12.2. The summed E-state index contributed by atoms with van der Waals surface area (Å²) in [6.07, 6.45) is 0.328. The zero-order valence-corrected chi connectivity index (χ0v) is 10.1. The van der Waals surface area contributed by atoms with Crippen molar-refractivity contribution < 1.29 is 19.4 Å². The van der Waals surface area contributed by atoms with Crippen LogP contribution in [0, 0.1) is 0 Å². The van der Waals surface area contributed by atoms with E-state index in [1.165, 1.54) is 7.11 Å². The summed E-state index contributed by atoms with van der Waals surface area (Å²) >= 11 is 0. The van der Waals surface area contributed by atoms with Gasteiger partial charge in [0.15, 0.2) is 6.10 Å². The first-order valence-corrected chi connectivity index (χ1v) is 5.36. The molecule has 2 aromatic rings. The number of ether oxygens (including phenoxy) is 2. The SMILES string of the molecule is COC(=O)C(O)c1ccc2c(OC)nccc2c1. The van der Waals surface area contributed by atoms with E-state index in [-0.39, 0.29) is 0 Å². The number of aliphatic hydroxyl groups is 1. The fourth-order valence-corrected chi connectivity index (χ4v) is 1.75. The highest BCUT2D eigenvalue weighted by atomic mass is 16.5. The molecular weight excluding hydrogens is 234 g/mol. The number of esters is 1. The zero-order chi connectivity index (χ0) is 13.1. The fraction of sp³-hybridized carbons (Fsp3) is 0.231. The van der Waals surface area contributed by atoms with Crippen molar-refractivity contribution in [3.63, 3.8) is 0 Å². The molecule has 0 saturated carbocycles. The third kappa shape index (κ3) is 2.12. The van der Waals surface area contributed by atoms with Crippen LogP contribution in [0.4, 0.5) is 0 Å². The monoisotopic (exact) mass is 247 g/mol. The van der Waals surface area contributed by atoms with Crippen LogP contribution >= 0.6 is 0 Å². The lowest BCUT2D eigenvalue weighted by Gasteiger charge is -2.10. The minimum absolute atomic E-state index is 0.475. The number of carbonyl (C=O) groups excluding carboxylic acids is 1. The quantitative estimate of drug-likeness (QED) is 0.831. The summed E-state index contributed by atoms with van der Waals surface area (Å²) in [6.45, 7) is 0. The second kappa shape index (κ2) is 5.01. The molecule has 5 heteroatoms. The molecule has 0 amide bonds. The maximum Gasteiger partial charge on any atom is 0.339 e. The summed E-state index contributed by atoms with van der Waals surface area (Å²) < 4.78 is 9.63. The molecule has 1 aromatic heterocycles. The lowest BCUT2D eigenvalue weighted by Crippen LogP contribution is -2.13. The van der Waals surface area contributed by atoms with Crippen LogP contribution in [-0.2, 0) is 9.53 Å². The summed E-state index contributed by atoms with van der Waals surface area (Å²) in [7, 11) is 2.78. The van der Waals surface area contributed by atoms with Crippen molar-refractivity contribution in [1.82, 2.24) is 4.98 Å². The van der Waals surface area contributed by atoms with Crippen molar-refractivity contribution in [3.05, 3.63) is 36.0 Å². The Morgan fingerprint density at radius 2 is 2.11 bits per heavy atom. The van der Waals surface area contributed by atoms with Crippen molar-refractivity contribution in [2.24, 2.45) is 0 Å². The number of fused-ring (bicyclic) bond motifs is 1. The topological polar surface area (TPSA) is 68.7 Å². The van der Waals surface area contributed by atoms with Gasteiger partial charge in [0.1, 0.15) is 0 Å². The number of aromatic nitrogens is 1. The molecule has 1 aromatic carbocycles. The molecule has 94 valence electrons. The van der Waals surface area contributed by atoms with Crippen LogP contribution in [0.25, 0.3) is 10.8 Å². The van der Waals surface area contributed by atoms with Crippen molar-refractivity contribution in [3.8, 4) is 5.88 Å². The van der Waals surface area contributed by atoms with E-state index in [1.54, 1.807) is 37.6 Å². The highest BCUT2D eigenvalue weighted by Crippen LogP contribution is 2.26. The number of methoxy groups -OCH3 is 2. The van der Waals surface area contributed by atoms with Gasteiger partial charge >= 0.3 is 5.97 Å². The lowest BCUT2D eigenvalue weighted by atomic mass is 10.0. The molecule has 1 heterocycles. The molecular formula is C13H13NO4. The average Bonchev–Trinajstić information content (AvgIpc) is 2.44. The Hall–Kier alpha value is -2.14. The number of pyridine rings is 1. The molecule has 5 nitrogen and oxygen atoms in total. The number of rotatable bonds is 3. The summed E-state index contributed by atoms with van der Waals surface area (Å²) in [4.78, 5) is 15.3. The smallest absolute Gasteiger partial charge is 0.339 e. The Balaban J connectivity index is 2.48. The first-order valence-electron chi connectivity index (χ1n) is 5.36. The molecule has 0 spiro atoms. The molecule has 1 N–H and O–H groups in total. The molecule has 0 aliphatic carbocycles. The molecule has 0 bridgehead atoms. The van der Waals surface area contributed by atoms with Crippen LogP contribution in [0.2, 0.25) is 0 Å². The maximum atomic E-state index is 11.3. The molecule has 2 rings (SSSR count). The third-order valence-electron chi connectivity index (χ3n) is 2.69. The van der Waals surface area contributed by atoms with Gasteiger partial charge in [-0.25, -0.2) is 9.78 Å². The Labute approximate surface area is 104 Å². The largest absolute Gasteiger partial charge is 0.481 e. The van der Waals surface area contributed by atoms with E-state index in [1.807, 2.05) is 0 Å². The number of aliphatic hydroxyl groups excluding tert-OH is 1. The van der Waals surface area contributed by atoms with Gasteiger partial charge in [-0.1, -0.05) is 6.07 Å². The number of carbonyl (C=O) groups is 1. The minimum atomic E-state index is -1.28. The third-order valence-corrected chi connectivity index (χ3v) is 2.69. The summed E-state index contributed by atoms with van der Waals surface area (Å²) in [6, 6.07) is 6.89. The Morgan fingerprint density at radius 1 is 1.33 bits per heavy atom. The summed E-state index contributed by atoms with van der Waals surface area (Å²) in [5.41, 5.74) is 0.475. The average molecular weight is 247 g/mol. The summed E-state index contributed by atoms with van der Waals surface area (Å²) in [5.74, 6) is -0.179. The van der Waals surface area contributed by atoms with Crippen molar-refractivity contribution >= 4 is 16.7 Å². The zero-order valence-electron chi connectivity index (χ0n) is 10.1. The molecule has 18 heavy (non-hydrogen) atoms. The van der Waals surface area contributed by atoms with Crippen LogP contribution in [0.1, 0.15) is 11.7 Å². The fourth-order valence-electron chi connectivity index (χ4n) is 1.75. The Morgan fingerprint density at radius 3 is 2.78 bits per heavy atom. The first-order chi connectivity index (χ1) is 8.67. The first kappa shape index (κ1) is 12.3. The van der Waals surface area contributed by atoms with Crippen molar-refractivity contribution in [1.29, 1.82) is 0 Å². The minimum Gasteiger partial charge on any atom is -0.481 e. The van der Waals surface area contributed by atoms with E-state index >= 15 is 0 Å². The highest BCUT2D eigenvalue weighted by Gasteiger charge is 2.18. The van der Waals surface area contributed by atoms with Crippen molar-refractivity contribution in [2.75, 3.05) is 14.2 Å². The molecule has 0 radical (unpaired) electrons. The molecule has 1 atom stereocenters. The van der Waals surface area contributed by atoms with Crippen LogP contribution in [-0.4, -0.2) is 30.3 Å². The van der Waals surface area contributed by atoms with Gasteiger partial charge in [0.2, 0.25) is 5.88 Å². The van der Waals surface area contributed by atoms with E-state index in [4.69, 9.17) is 4.74 Å². The van der Waals surface area contributed by atoms with Crippen LogP contribution in [0.3, 0.4) is 0 Å². The lowest BCUT2D eigenvalue weighted by molar-refractivity contribution is -0.150. The van der Waals surface area contributed by atoms with Gasteiger partial charge in [-0.05, 0) is 29.1 Å². The van der Waals surface area contributed by atoms with Crippen LogP contribution < -0.4 is 4.74 Å². The van der Waals surface area contributed by atoms with Gasteiger partial charge in [0.05, 0.1) is 14.2 Å². The molecule has 0 fully saturated rings. The number of nitrogens with zero attached hydrogens (tertiary/aromatic N) is 1. The molecule has 0 aliphatic rings. The van der Waals surface area contributed by atoms with E-state index < -0.39 is 12.1 Å². The number of hydrogen-bond acceptors (Lipinski definition) is 5. The molecule has 0 aliphatic heterocycles. The highest BCUT2D eigenvalue weighted by molar-refractivity contribution is 5.88. The second-order valence-corrected chi connectivity index (χ2v) is 3.73. The van der Waals surface area contributed by atoms with Crippen LogP contribution in [0.15, 0.2) is 30.5 Å². The predicted molar refractivity (Wildman–Crippen MR) is 65.3 cm³/mol. The predicted octanol–water partition coefficient (Wildman–Crippen LogP) is 1.45. The van der Waals surface area contributed by atoms with Gasteiger partial charge < -0.3 is 14.6 Å². The van der Waals surface area contributed by atoms with Gasteiger partial charge in [-0.3, -0.25) is 0 Å². The van der Waals surface area contributed by atoms with Crippen LogP contribution in [0.5, 0.6) is 5.88 Å². The van der Waals surface area contributed by atoms with Gasteiger partial charge in [0.25, 0.3) is 0 Å². The van der Waals surface area contributed by atoms with Gasteiger partial charge in [0, 0.05) is 11.6 Å². The Bertz CT molecular complexity index is 582. The van der Waals surface area contributed by atoms with E-state index in [2.05, 4.69) is 9.72 Å². The number of hydrogen-bond donors (Lipinski definition) is 1. The summed E-state index contributed by atoms with van der Waals surface area (Å²) in [5, 5.41) is 11.4. The van der Waals surface area contributed by atoms with Crippen molar-refractivity contribution in [2.45, 2.75) is 6.10 Å². The Kier molecular flexibility index (Phi) is 3.43. The van der Waals surface area contributed by atoms with Gasteiger partial charge in [-0.2, -0.15) is 0 Å². The molecule has 0 saturated heterocycles. The van der Waals surface area contributed by atoms with E-state index in [0.29, 0.717) is 11.4 Å². The molecule has 1 unspecified atom stereocenters. The van der Waals surface area contributed by atoms with E-state index in [0.717, 1.165) is 10.8 Å². The van der Waals surface area contributed by atoms with Gasteiger partial charge in [-0.15, -0.1) is 0 Å². The maximum absolute atomic E-state index is 11.3. The number of benzene rings is 1. The van der Waals surface area contributed by atoms with E-state index in [9.17, 15) is 9.90 Å². The standard InChI is InChI=1S/C13H13NO4/c1-17-12-10-4-3-9(11(15)13(16)18-2)7-8(10)5-6-14-12/h3-7,11,15H,1-2H3. The second-order valence-electron chi connectivity index (χ2n) is 3.73.